The molecule has 1 N–H and O–H groups in total. The van der Waals surface area contributed by atoms with Crippen LogP contribution in [0.3, 0.4) is 0 Å². The number of carbonyl (C=O) groups excluding carboxylic acids is 1. The Morgan fingerprint density at radius 1 is 1.09 bits per heavy atom. The van der Waals surface area contributed by atoms with Gasteiger partial charge >= 0.3 is 0 Å². The van der Waals surface area contributed by atoms with Gasteiger partial charge in [0.2, 0.25) is 6.79 Å². The minimum atomic E-state index is -0.160. The van der Waals surface area contributed by atoms with Crippen molar-refractivity contribution < 1.29 is 19.0 Å². The Labute approximate surface area is 135 Å². The molecule has 0 fully saturated rings. The van der Waals surface area contributed by atoms with Gasteiger partial charge in [0.15, 0.2) is 11.5 Å². The lowest BCUT2D eigenvalue weighted by molar-refractivity contribution is 0.0946. The first kappa shape index (κ1) is 15.2. The Bertz CT molecular complexity index is 707. The zero-order chi connectivity index (χ0) is 16.2. The zero-order valence-corrected chi connectivity index (χ0v) is 13.2. The van der Waals surface area contributed by atoms with E-state index in [1.807, 2.05) is 26.0 Å². The quantitative estimate of drug-likeness (QED) is 0.862. The Hall–Kier alpha value is -2.69. The van der Waals surface area contributed by atoms with Gasteiger partial charge in [0.05, 0.1) is 6.54 Å². The van der Waals surface area contributed by atoms with E-state index in [-0.39, 0.29) is 12.7 Å². The van der Waals surface area contributed by atoms with Crippen molar-refractivity contribution in [2.24, 2.45) is 0 Å². The number of aryl methyl sites for hydroxylation is 2. The molecule has 1 heterocycles. The van der Waals surface area contributed by atoms with Crippen molar-refractivity contribution in [3.63, 3.8) is 0 Å². The maximum Gasteiger partial charge on any atom is 0.251 e. The zero-order valence-electron chi connectivity index (χ0n) is 13.2. The van der Waals surface area contributed by atoms with Gasteiger partial charge in [0.1, 0.15) is 12.4 Å². The summed E-state index contributed by atoms with van der Waals surface area (Å²) in [6, 6.07) is 11.2. The molecule has 0 saturated heterocycles. The lowest BCUT2D eigenvalue weighted by atomic mass is 10.1. The molecule has 0 atom stereocenters. The minimum absolute atomic E-state index is 0.160. The van der Waals surface area contributed by atoms with Crippen LogP contribution in [0.5, 0.6) is 17.2 Å². The van der Waals surface area contributed by atoms with Crippen LogP contribution in [0.2, 0.25) is 0 Å². The number of amides is 1. The van der Waals surface area contributed by atoms with E-state index in [1.165, 1.54) is 0 Å². The molecule has 0 unspecified atom stereocenters. The first-order valence-corrected chi connectivity index (χ1v) is 7.51. The van der Waals surface area contributed by atoms with E-state index in [9.17, 15) is 4.79 Å². The molecule has 0 aromatic heterocycles. The van der Waals surface area contributed by atoms with Crippen LogP contribution in [0.1, 0.15) is 21.5 Å². The molecule has 120 valence electrons. The Morgan fingerprint density at radius 2 is 1.83 bits per heavy atom. The molecule has 0 bridgehead atoms. The van der Waals surface area contributed by atoms with Crippen LogP contribution in [-0.2, 0) is 0 Å². The lowest BCUT2D eigenvalue weighted by Crippen LogP contribution is -2.28. The maximum atomic E-state index is 12.1. The van der Waals surface area contributed by atoms with Gasteiger partial charge in [0, 0.05) is 5.56 Å². The smallest absolute Gasteiger partial charge is 0.251 e. The van der Waals surface area contributed by atoms with Crippen molar-refractivity contribution in [2.45, 2.75) is 13.8 Å². The number of rotatable bonds is 5. The standard InChI is InChI=1S/C18H19NO4/c1-12-7-13(2)9-15(8-12)21-6-5-19-18(20)14-3-4-16-17(10-14)23-11-22-16/h3-4,7-10H,5-6,11H2,1-2H3,(H,19,20). The van der Waals surface area contributed by atoms with Crippen LogP contribution in [0.25, 0.3) is 0 Å². The third-order valence-electron chi connectivity index (χ3n) is 3.49. The average Bonchev–Trinajstić information content (AvgIpc) is 2.98. The molecule has 23 heavy (non-hydrogen) atoms. The normalized spacial score (nSPS) is 12.1. The highest BCUT2D eigenvalue weighted by Crippen LogP contribution is 2.32. The second-order valence-corrected chi connectivity index (χ2v) is 5.50. The molecule has 1 aliphatic rings. The van der Waals surface area contributed by atoms with E-state index in [0.717, 1.165) is 16.9 Å². The molecular weight excluding hydrogens is 294 g/mol. The van der Waals surface area contributed by atoms with Crippen LogP contribution < -0.4 is 19.5 Å². The first-order valence-electron chi connectivity index (χ1n) is 7.51. The average molecular weight is 313 g/mol. The molecule has 0 saturated carbocycles. The topological polar surface area (TPSA) is 56.8 Å². The second-order valence-electron chi connectivity index (χ2n) is 5.50. The van der Waals surface area contributed by atoms with Crippen LogP contribution in [-0.4, -0.2) is 25.9 Å². The van der Waals surface area contributed by atoms with Crippen LogP contribution in [0.15, 0.2) is 36.4 Å². The summed E-state index contributed by atoms with van der Waals surface area (Å²) in [4.78, 5) is 12.1. The molecular formula is C18H19NO4. The van der Waals surface area contributed by atoms with Gasteiger partial charge in [-0.15, -0.1) is 0 Å². The summed E-state index contributed by atoms with van der Waals surface area (Å²) in [5.74, 6) is 1.93. The fourth-order valence-corrected chi connectivity index (χ4v) is 2.49. The van der Waals surface area contributed by atoms with E-state index in [4.69, 9.17) is 14.2 Å². The minimum Gasteiger partial charge on any atom is -0.492 e. The number of carbonyl (C=O) groups is 1. The molecule has 5 heteroatoms. The van der Waals surface area contributed by atoms with Crippen molar-refractivity contribution in [3.8, 4) is 17.2 Å². The molecule has 2 aromatic rings. The number of fused-ring (bicyclic) bond motifs is 1. The summed E-state index contributed by atoms with van der Waals surface area (Å²) in [7, 11) is 0. The summed E-state index contributed by atoms with van der Waals surface area (Å²) in [6.07, 6.45) is 0. The number of hydrogen-bond acceptors (Lipinski definition) is 4. The molecule has 0 spiro atoms. The fraction of sp³-hybridized carbons (Fsp3) is 0.278. The van der Waals surface area contributed by atoms with Crippen LogP contribution >= 0.6 is 0 Å². The molecule has 0 aliphatic carbocycles. The van der Waals surface area contributed by atoms with Crippen molar-refractivity contribution >= 4 is 5.91 Å². The third-order valence-corrected chi connectivity index (χ3v) is 3.49. The third kappa shape index (κ3) is 3.74. The van der Waals surface area contributed by atoms with E-state index in [2.05, 4.69) is 11.4 Å². The van der Waals surface area contributed by atoms with Crippen molar-refractivity contribution in [2.75, 3.05) is 19.9 Å². The van der Waals surface area contributed by atoms with Gasteiger partial charge in [-0.25, -0.2) is 0 Å². The summed E-state index contributed by atoms with van der Waals surface area (Å²) >= 11 is 0. The lowest BCUT2D eigenvalue weighted by Gasteiger charge is -2.09. The maximum absolute atomic E-state index is 12.1. The molecule has 5 nitrogen and oxygen atoms in total. The first-order chi connectivity index (χ1) is 11.1. The molecule has 1 aliphatic heterocycles. The van der Waals surface area contributed by atoms with Gasteiger partial charge in [-0.05, 0) is 55.3 Å². The van der Waals surface area contributed by atoms with Crippen molar-refractivity contribution in [1.82, 2.24) is 5.32 Å². The largest absolute Gasteiger partial charge is 0.492 e. The predicted molar refractivity (Wildman–Crippen MR) is 86.3 cm³/mol. The summed E-state index contributed by atoms with van der Waals surface area (Å²) in [6.45, 7) is 5.10. The van der Waals surface area contributed by atoms with Gasteiger partial charge < -0.3 is 19.5 Å². The highest BCUT2D eigenvalue weighted by molar-refractivity contribution is 5.94. The monoisotopic (exact) mass is 313 g/mol. The summed E-state index contributed by atoms with van der Waals surface area (Å²) < 4.78 is 16.2. The molecule has 3 rings (SSSR count). The van der Waals surface area contributed by atoms with Gasteiger partial charge in [-0.3, -0.25) is 4.79 Å². The van der Waals surface area contributed by atoms with Crippen molar-refractivity contribution in [3.05, 3.63) is 53.1 Å². The van der Waals surface area contributed by atoms with E-state index in [1.54, 1.807) is 18.2 Å². The molecule has 1 amide bonds. The highest BCUT2D eigenvalue weighted by atomic mass is 16.7. The molecule has 0 radical (unpaired) electrons. The Kier molecular flexibility index (Phi) is 4.37. The fourth-order valence-electron chi connectivity index (χ4n) is 2.49. The Balaban J connectivity index is 1.49. The SMILES string of the molecule is Cc1cc(C)cc(OCCNC(=O)c2ccc3c(c2)OCO3)c1. The Morgan fingerprint density at radius 3 is 2.61 bits per heavy atom. The van der Waals surface area contributed by atoms with Crippen molar-refractivity contribution in [1.29, 1.82) is 0 Å². The predicted octanol–water partition coefficient (Wildman–Crippen LogP) is 2.84. The van der Waals surface area contributed by atoms with E-state index >= 15 is 0 Å². The van der Waals surface area contributed by atoms with E-state index in [0.29, 0.717) is 30.2 Å². The number of nitrogens with one attached hydrogen (secondary N) is 1. The number of ether oxygens (including phenoxy) is 3. The molecule has 2 aromatic carbocycles. The number of hydrogen-bond donors (Lipinski definition) is 1. The van der Waals surface area contributed by atoms with Gasteiger partial charge in [0.25, 0.3) is 5.91 Å². The highest BCUT2D eigenvalue weighted by Gasteiger charge is 2.15. The van der Waals surface area contributed by atoms with E-state index < -0.39 is 0 Å². The van der Waals surface area contributed by atoms with Crippen LogP contribution in [0, 0.1) is 13.8 Å². The van der Waals surface area contributed by atoms with Crippen LogP contribution in [0.4, 0.5) is 0 Å². The summed E-state index contributed by atoms with van der Waals surface area (Å²) in [5.41, 5.74) is 2.86. The second kappa shape index (κ2) is 6.60. The van der Waals surface area contributed by atoms with Gasteiger partial charge in [-0.2, -0.15) is 0 Å². The number of benzene rings is 2. The summed E-state index contributed by atoms with van der Waals surface area (Å²) in [5, 5.41) is 2.83. The van der Waals surface area contributed by atoms with Gasteiger partial charge in [-0.1, -0.05) is 6.07 Å².